The molecular weight excluding hydrogens is 402 g/mol. The minimum atomic E-state index is -0.0801. The largest absolute Gasteiger partial charge is 0.368 e. The second kappa shape index (κ2) is 9.05. The number of halogens is 1. The fourth-order valence-corrected chi connectivity index (χ4v) is 3.65. The van der Waals surface area contributed by atoms with E-state index in [1.54, 1.807) is 18.5 Å². The summed E-state index contributed by atoms with van der Waals surface area (Å²) in [6.07, 6.45) is 1.58. The quantitative estimate of drug-likeness (QED) is 0.698. The monoisotopic (exact) mass is 421 g/mol. The zero-order valence-electron chi connectivity index (χ0n) is 13.7. The summed E-state index contributed by atoms with van der Waals surface area (Å²) < 4.78 is 0.956. The van der Waals surface area contributed by atoms with Crippen LogP contribution in [0.4, 0.5) is 11.6 Å². The highest BCUT2D eigenvalue weighted by Gasteiger charge is 2.12. The molecule has 0 bridgehead atoms. The molecule has 0 aliphatic carbocycles. The molecule has 0 saturated carbocycles. The lowest BCUT2D eigenvalue weighted by molar-refractivity contribution is 0.0955. The van der Waals surface area contributed by atoms with Gasteiger partial charge in [0.15, 0.2) is 0 Å². The molecule has 1 amide bonds. The third-order valence-electron chi connectivity index (χ3n) is 3.81. The topological polar surface area (TPSA) is 70.2 Å². The normalized spacial score (nSPS) is 14.2. The fraction of sp³-hybridized carbons (Fsp3) is 0.353. The minimum absolute atomic E-state index is 0.0801. The molecule has 6 nitrogen and oxygen atoms in total. The summed E-state index contributed by atoms with van der Waals surface area (Å²) >= 11 is 5.33. The van der Waals surface area contributed by atoms with Gasteiger partial charge in [-0.25, -0.2) is 9.97 Å². The predicted molar refractivity (Wildman–Crippen MR) is 107 cm³/mol. The Morgan fingerprint density at radius 2 is 1.92 bits per heavy atom. The van der Waals surface area contributed by atoms with Crippen molar-refractivity contribution in [3.05, 3.63) is 46.7 Å². The number of hydrogen-bond acceptors (Lipinski definition) is 6. The number of benzene rings is 1. The summed E-state index contributed by atoms with van der Waals surface area (Å²) in [5.41, 5.74) is 0.649. The number of nitrogens with one attached hydrogen (secondary N) is 2. The summed E-state index contributed by atoms with van der Waals surface area (Å²) in [5, 5.41) is 6.13. The molecule has 0 radical (unpaired) electrons. The van der Waals surface area contributed by atoms with Crippen molar-refractivity contribution in [1.29, 1.82) is 0 Å². The van der Waals surface area contributed by atoms with E-state index in [4.69, 9.17) is 0 Å². The molecule has 1 fully saturated rings. The predicted octanol–water partition coefficient (Wildman–Crippen LogP) is 2.63. The van der Waals surface area contributed by atoms with E-state index in [9.17, 15) is 4.79 Å². The van der Waals surface area contributed by atoms with Gasteiger partial charge >= 0.3 is 0 Å². The highest BCUT2D eigenvalue weighted by atomic mass is 79.9. The SMILES string of the molecule is O=C(NCCNc1cc(N2CCSCC2)ncn1)c1ccc(Br)cc1. The van der Waals surface area contributed by atoms with Crippen LogP contribution in [-0.2, 0) is 0 Å². The first kappa shape index (κ1) is 18.0. The molecule has 3 rings (SSSR count). The lowest BCUT2D eigenvalue weighted by Gasteiger charge is -2.27. The molecule has 1 saturated heterocycles. The van der Waals surface area contributed by atoms with Crippen molar-refractivity contribution in [2.45, 2.75) is 0 Å². The number of carbonyl (C=O) groups excluding carboxylic acids is 1. The van der Waals surface area contributed by atoms with E-state index in [2.05, 4.69) is 41.4 Å². The van der Waals surface area contributed by atoms with Crippen LogP contribution in [0, 0.1) is 0 Å². The number of thioether (sulfide) groups is 1. The zero-order valence-corrected chi connectivity index (χ0v) is 16.1. The molecule has 2 aromatic rings. The van der Waals surface area contributed by atoms with Crippen LogP contribution < -0.4 is 15.5 Å². The molecular formula is C17H20BrN5OS. The number of rotatable bonds is 6. The van der Waals surface area contributed by atoms with Crippen molar-refractivity contribution in [2.24, 2.45) is 0 Å². The molecule has 1 aliphatic rings. The van der Waals surface area contributed by atoms with E-state index in [0.717, 1.165) is 40.7 Å². The molecule has 25 heavy (non-hydrogen) atoms. The maximum absolute atomic E-state index is 12.0. The summed E-state index contributed by atoms with van der Waals surface area (Å²) in [5.74, 6) is 3.92. The molecule has 0 unspecified atom stereocenters. The number of hydrogen-bond donors (Lipinski definition) is 2. The van der Waals surface area contributed by atoms with Crippen molar-refractivity contribution in [3.8, 4) is 0 Å². The van der Waals surface area contributed by atoms with E-state index in [0.29, 0.717) is 18.7 Å². The van der Waals surface area contributed by atoms with Gasteiger partial charge in [-0.15, -0.1) is 0 Å². The molecule has 0 spiro atoms. The average molecular weight is 422 g/mol. The minimum Gasteiger partial charge on any atom is -0.368 e. The van der Waals surface area contributed by atoms with Crippen LogP contribution in [0.5, 0.6) is 0 Å². The van der Waals surface area contributed by atoms with Crippen molar-refractivity contribution < 1.29 is 4.79 Å². The lowest BCUT2D eigenvalue weighted by Crippen LogP contribution is -2.33. The third-order valence-corrected chi connectivity index (χ3v) is 5.28. The van der Waals surface area contributed by atoms with Gasteiger partial charge in [0, 0.05) is 53.8 Å². The summed E-state index contributed by atoms with van der Waals surface area (Å²) in [7, 11) is 0. The van der Waals surface area contributed by atoms with E-state index in [-0.39, 0.29) is 5.91 Å². The van der Waals surface area contributed by atoms with Crippen molar-refractivity contribution in [2.75, 3.05) is 47.9 Å². The van der Waals surface area contributed by atoms with Crippen LogP contribution in [0.1, 0.15) is 10.4 Å². The Bertz CT molecular complexity index is 706. The smallest absolute Gasteiger partial charge is 0.251 e. The molecule has 0 atom stereocenters. The summed E-state index contributed by atoms with van der Waals surface area (Å²) in [6, 6.07) is 9.26. The van der Waals surface area contributed by atoms with E-state index < -0.39 is 0 Å². The molecule has 1 aromatic heterocycles. The number of aromatic nitrogens is 2. The van der Waals surface area contributed by atoms with Gasteiger partial charge in [0.05, 0.1) is 0 Å². The summed E-state index contributed by atoms with van der Waals surface area (Å²) in [6.45, 7) is 3.16. The molecule has 8 heteroatoms. The summed E-state index contributed by atoms with van der Waals surface area (Å²) in [4.78, 5) is 22.9. The molecule has 2 N–H and O–H groups in total. The Morgan fingerprint density at radius 1 is 1.16 bits per heavy atom. The fourth-order valence-electron chi connectivity index (χ4n) is 2.48. The Kier molecular flexibility index (Phi) is 6.52. The van der Waals surface area contributed by atoms with E-state index >= 15 is 0 Å². The Balaban J connectivity index is 1.45. The molecule has 2 heterocycles. The zero-order chi connectivity index (χ0) is 17.5. The maximum Gasteiger partial charge on any atom is 0.251 e. The number of nitrogens with zero attached hydrogens (tertiary/aromatic N) is 3. The first-order valence-electron chi connectivity index (χ1n) is 8.15. The van der Waals surface area contributed by atoms with Gasteiger partial charge in [0.25, 0.3) is 5.91 Å². The van der Waals surface area contributed by atoms with Gasteiger partial charge < -0.3 is 15.5 Å². The van der Waals surface area contributed by atoms with Gasteiger partial charge in [-0.3, -0.25) is 4.79 Å². The molecule has 1 aliphatic heterocycles. The molecule has 1 aromatic carbocycles. The third kappa shape index (κ3) is 5.34. The van der Waals surface area contributed by atoms with Gasteiger partial charge in [-0.2, -0.15) is 11.8 Å². The maximum atomic E-state index is 12.0. The highest BCUT2D eigenvalue weighted by molar-refractivity contribution is 9.10. The Hall–Kier alpha value is -1.80. The standard InChI is InChI=1S/C17H20BrN5OS/c18-14-3-1-13(2-4-14)17(24)20-6-5-19-15-11-16(22-12-21-15)23-7-9-25-10-8-23/h1-4,11-12H,5-10H2,(H,20,24)(H,19,21,22). The Morgan fingerprint density at radius 3 is 2.68 bits per heavy atom. The van der Waals surface area contributed by atoms with Gasteiger partial charge in [-0.05, 0) is 24.3 Å². The second-order valence-electron chi connectivity index (χ2n) is 5.55. The Labute approximate surface area is 159 Å². The lowest BCUT2D eigenvalue weighted by atomic mass is 10.2. The number of amides is 1. The van der Waals surface area contributed by atoms with Crippen molar-refractivity contribution >= 4 is 45.2 Å². The van der Waals surface area contributed by atoms with Gasteiger partial charge in [0.2, 0.25) is 0 Å². The molecule has 132 valence electrons. The highest BCUT2D eigenvalue weighted by Crippen LogP contribution is 2.18. The van der Waals surface area contributed by atoms with Gasteiger partial charge in [-0.1, -0.05) is 15.9 Å². The number of anilines is 2. The second-order valence-corrected chi connectivity index (χ2v) is 7.69. The number of carbonyl (C=O) groups is 1. The average Bonchev–Trinajstić information content (AvgIpc) is 2.66. The van der Waals surface area contributed by atoms with Crippen LogP contribution in [0.25, 0.3) is 0 Å². The van der Waals surface area contributed by atoms with Crippen LogP contribution >= 0.6 is 27.7 Å². The first-order valence-corrected chi connectivity index (χ1v) is 10.1. The van der Waals surface area contributed by atoms with E-state index in [1.807, 2.05) is 30.0 Å². The van der Waals surface area contributed by atoms with E-state index in [1.165, 1.54) is 0 Å². The van der Waals surface area contributed by atoms with Crippen LogP contribution in [0.3, 0.4) is 0 Å². The van der Waals surface area contributed by atoms with Gasteiger partial charge in [0.1, 0.15) is 18.0 Å². The van der Waals surface area contributed by atoms with Crippen LogP contribution in [0.2, 0.25) is 0 Å². The first-order chi connectivity index (χ1) is 12.2. The van der Waals surface area contributed by atoms with Crippen LogP contribution in [0.15, 0.2) is 41.1 Å². The van der Waals surface area contributed by atoms with Crippen molar-refractivity contribution in [3.63, 3.8) is 0 Å². The van der Waals surface area contributed by atoms with Crippen LogP contribution in [-0.4, -0.2) is 53.6 Å². The van der Waals surface area contributed by atoms with Crippen molar-refractivity contribution in [1.82, 2.24) is 15.3 Å².